The first-order valence-electron chi connectivity index (χ1n) is 3.93. The fraction of sp³-hybridized carbons (Fsp3) is 1.00. The van der Waals surface area contributed by atoms with Gasteiger partial charge in [0.15, 0.2) is 0 Å². The molecule has 0 aliphatic carbocycles. The number of thioether (sulfide) groups is 2. The highest BCUT2D eigenvalue weighted by atomic mass is 32.2. The molecule has 0 spiro atoms. The lowest BCUT2D eigenvalue weighted by atomic mass is 10.9. The van der Waals surface area contributed by atoms with E-state index in [4.69, 9.17) is 9.79 Å². The van der Waals surface area contributed by atoms with E-state index in [2.05, 4.69) is 4.52 Å². The Hall–Kier alpha value is 0.810. The van der Waals surface area contributed by atoms with Crippen LogP contribution in [-0.2, 0) is 9.09 Å². The van der Waals surface area contributed by atoms with E-state index in [0.717, 1.165) is 11.5 Å². The Morgan fingerprint density at radius 2 is 1.77 bits per heavy atom. The van der Waals surface area contributed by atoms with Gasteiger partial charge in [0.25, 0.3) is 0 Å². The van der Waals surface area contributed by atoms with E-state index < -0.39 is 7.82 Å². The summed E-state index contributed by atoms with van der Waals surface area (Å²) >= 11 is 3.27. The first-order chi connectivity index (χ1) is 5.99. The molecule has 0 amide bonds. The molecule has 0 unspecified atom stereocenters. The average molecular weight is 246 g/mol. The third-order valence-corrected chi connectivity index (χ3v) is 4.07. The highest BCUT2D eigenvalue weighted by Crippen LogP contribution is 2.38. The lowest BCUT2D eigenvalue weighted by Crippen LogP contribution is -2.07. The van der Waals surface area contributed by atoms with Gasteiger partial charge in [-0.05, 0) is 11.5 Å². The van der Waals surface area contributed by atoms with Crippen LogP contribution in [0.25, 0.3) is 0 Å². The van der Waals surface area contributed by atoms with Crippen LogP contribution in [0.15, 0.2) is 0 Å². The van der Waals surface area contributed by atoms with Crippen LogP contribution in [0, 0.1) is 0 Å². The molecule has 0 radical (unpaired) electrons. The van der Waals surface area contributed by atoms with Crippen LogP contribution in [0.3, 0.4) is 0 Å². The summed E-state index contributed by atoms with van der Waals surface area (Å²) < 4.78 is 14.9. The largest absolute Gasteiger partial charge is 0.469 e. The monoisotopic (exact) mass is 246 g/mol. The fourth-order valence-corrected chi connectivity index (χ4v) is 3.49. The van der Waals surface area contributed by atoms with Crippen molar-refractivity contribution in [3.8, 4) is 0 Å². The summed E-state index contributed by atoms with van der Waals surface area (Å²) in [6, 6.07) is 0. The van der Waals surface area contributed by atoms with Gasteiger partial charge in [0, 0.05) is 0 Å². The quantitative estimate of drug-likeness (QED) is 0.528. The van der Waals surface area contributed by atoms with Gasteiger partial charge in [0.1, 0.15) is 0 Å². The average Bonchev–Trinajstić information content (AvgIpc) is 2.00. The highest BCUT2D eigenvalue weighted by Gasteiger charge is 2.17. The van der Waals surface area contributed by atoms with Crippen molar-refractivity contribution in [2.75, 3.05) is 18.1 Å². The van der Waals surface area contributed by atoms with E-state index in [9.17, 15) is 4.57 Å². The van der Waals surface area contributed by atoms with Crippen molar-refractivity contribution in [2.45, 2.75) is 18.4 Å². The summed E-state index contributed by atoms with van der Waals surface area (Å²) in [6.07, 6.45) is 0. The lowest BCUT2D eigenvalue weighted by molar-refractivity contribution is 0.205. The Balaban J connectivity index is 3.74. The van der Waals surface area contributed by atoms with E-state index in [0.29, 0.717) is 0 Å². The first-order valence-corrected chi connectivity index (χ1v) is 7.55. The van der Waals surface area contributed by atoms with Crippen LogP contribution < -0.4 is 0 Å². The molecule has 13 heavy (non-hydrogen) atoms. The van der Waals surface area contributed by atoms with E-state index >= 15 is 0 Å². The molecule has 7 heteroatoms. The highest BCUT2D eigenvalue weighted by molar-refractivity contribution is 8.17. The number of hydrogen-bond donors (Lipinski definition) is 2. The van der Waals surface area contributed by atoms with Gasteiger partial charge < -0.3 is 9.79 Å². The maximum absolute atomic E-state index is 10.4. The lowest BCUT2D eigenvalue weighted by Gasteiger charge is -2.14. The molecule has 0 aromatic heterocycles. The smallest absolute Gasteiger partial charge is 0.303 e. The summed E-state index contributed by atoms with van der Waals surface area (Å²) in [7, 11) is -4.29. The summed E-state index contributed by atoms with van der Waals surface area (Å²) in [5.41, 5.74) is 0. The summed E-state index contributed by atoms with van der Waals surface area (Å²) in [4.78, 5) is 16.9. The van der Waals surface area contributed by atoms with Gasteiger partial charge in [-0.3, -0.25) is 4.52 Å². The first kappa shape index (κ1) is 13.8. The summed E-state index contributed by atoms with van der Waals surface area (Å²) in [5.74, 6) is 1.84. The zero-order chi connectivity index (χ0) is 10.3. The molecule has 0 bridgehead atoms. The molecular formula is C6H15O4PS2. The van der Waals surface area contributed by atoms with E-state index in [1.807, 2.05) is 13.8 Å². The van der Waals surface area contributed by atoms with Crippen LogP contribution >= 0.6 is 31.3 Å². The van der Waals surface area contributed by atoms with Gasteiger partial charge in [0.2, 0.25) is 0 Å². The Bertz CT molecular complexity index is 166. The zero-order valence-corrected chi connectivity index (χ0v) is 10.2. The molecule has 0 atom stereocenters. The van der Waals surface area contributed by atoms with Crippen molar-refractivity contribution < 1.29 is 18.9 Å². The van der Waals surface area contributed by atoms with Crippen LogP contribution in [-0.4, -0.2) is 32.5 Å². The third kappa shape index (κ3) is 9.12. The Morgan fingerprint density at radius 3 is 2.08 bits per heavy atom. The zero-order valence-electron chi connectivity index (χ0n) is 7.67. The molecule has 2 N–H and O–H groups in total. The molecular weight excluding hydrogens is 231 g/mol. The summed E-state index contributed by atoms with van der Waals surface area (Å²) in [6.45, 7) is 4.11. The predicted molar refractivity (Wildman–Crippen MR) is 58.0 cm³/mol. The molecule has 0 aromatic carbocycles. The molecule has 0 saturated heterocycles. The molecule has 0 saturated carbocycles. The number of rotatable bonds is 7. The Morgan fingerprint density at radius 1 is 1.31 bits per heavy atom. The van der Waals surface area contributed by atoms with Gasteiger partial charge in [-0.1, -0.05) is 13.8 Å². The second-order valence-corrected chi connectivity index (χ2v) is 6.62. The van der Waals surface area contributed by atoms with Crippen LogP contribution in [0.4, 0.5) is 0 Å². The number of phosphoric ester groups is 1. The maximum Gasteiger partial charge on any atom is 0.469 e. The fourth-order valence-electron chi connectivity index (χ4n) is 0.674. The minimum absolute atomic E-state index is 0.0985. The SMILES string of the molecule is CCSC(COP(=O)(O)O)SCC. The van der Waals surface area contributed by atoms with Crippen molar-refractivity contribution in [2.24, 2.45) is 0 Å². The van der Waals surface area contributed by atoms with E-state index in [-0.39, 0.29) is 11.2 Å². The Labute approximate surface area is 87.1 Å². The molecule has 80 valence electrons. The van der Waals surface area contributed by atoms with Gasteiger partial charge in [0.05, 0.1) is 11.2 Å². The maximum atomic E-state index is 10.4. The number of phosphoric acid groups is 1. The van der Waals surface area contributed by atoms with Crippen molar-refractivity contribution in [3.05, 3.63) is 0 Å². The van der Waals surface area contributed by atoms with Crippen molar-refractivity contribution >= 4 is 31.3 Å². The molecule has 0 fully saturated rings. The molecule has 0 aromatic rings. The van der Waals surface area contributed by atoms with Crippen LogP contribution in [0.2, 0.25) is 0 Å². The van der Waals surface area contributed by atoms with Crippen molar-refractivity contribution in [1.82, 2.24) is 0 Å². The standard InChI is InChI=1S/C6H15O4PS2/c1-3-12-6(13-4-2)5-10-11(7,8)9/h6H,3-5H2,1-2H3,(H2,7,8,9). The second kappa shape index (κ2) is 7.15. The topological polar surface area (TPSA) is 66.8 Å². The summed E-state index contributed by atoms with van der Waals surface area (Å²) in [5, 5.41) is 0. The normalized spacial score (nSPS) is 12.4. The molecule has 0 heterocycles. The third-order valence-electron chi connectivity index (χ3n) is 1.08. The molecule has 0 aliphatic rings. The minimum Gasteiger partial charge on any atom is -0.303 e. The second-order valence-electron chi connectivity index (χ2n) is 2.13. The van der Waals surface area contributed by atoms with Crippen molar-refractivity contribution in [3.63, 3.8) is 0 Å². The van der Waals surface area contributed by atoms with Gasteiger partial charge in [-0.25, -0.2) is 4.57 Å². The van der Waals surface area contributed by atoms with Gasteiger partial charge >= 0.3 is 7.82 Å². The van der Waals surface area contributed by atoms with Crippen molar-refractivity contribution in [1.29, 1.82) is 0 Å². The van der Waals surface area contributed by atoms with Gasteiger partial charge in [-0.15, -0.1) is 23.5 Å². The van der Waals surface area contributed by atoms with Gasteiger partial charge in [-0.2, -0.15) is 0 Å². The van der Waals surface area contributed by atoms with Crippen LogP contribution in [0.1, 0.15) is 13.8 Å². The number of hydrogen-bond acceptors (Lipinski definition) is 4. The van der Waals surface area contributed by atoms with E-state index in [1.54, 1.807) is 23.5 Å². The minimum atomic E-state index is -4.29. The predicted octanol–water partition coefficient (Wildman–Crippen LogP) is 1.93. The van der Waals surface area contributed by atoms with Crippen LogP contribution in [0.5, 0.6) is 0 Å². The molecule has 4 nitrogen and oxygen atoms in total. The van der Waals surface area contributed by atoms with E-state index in [1.165, 1.54) is 0 Å². The molecule has 0 aliphatic heterocycles. The molecule has 0 rings (SSSR count). The Kier molecular flexibility index (Phi) is 7.59.